The molecule has 0 aliphatic rings. The van der Waals surface area contributed by atoms with E-state index in [0.717, 1.165) is 13.2 Å². The minimum atomic E-state index is -0.965. The Balaban J connectivity index is 3.32. The maximum absolute atomic E-state index is 13.1. The van der Waals surface area contributed by atoms with E-state index in [4.69, 9.17) is 11.6 Å². The van der Waals surface area contributed by atoms with Gasteiger partial charge >= 0.3 is 5.97 Å². The molecule has 0 aromatic heterocycles. The first-order valence-corrected chi connectivity index (χ1v) is 4.25. The van der Waals surface area contributed by atoms with Gasteiger partial charge in [0.15, 0.2) is 0 Å². The lowest BCUT2D eigenvalue weighted by Crippen LogP contribution is -2.08. The predicted octanol–water partition coefficient (Wildman–Crippen LogP) is 2.49. The van der Waals surface area contributed by atoms with Crippen molar-refractivity contribution < 1.29 is 18.3 Å². The van der Waals surface area contributed by atoms with Crippen LogP contribution in [0.1, 0.15) is 15.9 Å². The minimum Gasteiger partial charge on any atom is -0.465 e. The number of benzene rings is 1. The molecular formula is C9H7ClF2O2. The molecule has 0 aliphatic carbocycles. The van der Waals surface area contributed by atoms with Crippen molar-refractivity contribution in [3.63, 3.8) is 0 Å². The lowest BCUT2D eigenvalue weighted by atomic mass is 10.1. The number of ether oxygens (including phenoxy) is 1. The van der Waals surface area contributed by atoms with E-state index in [9.17, 15) is 13.6 Å². The van der Waals surface area contributed by atoms with Crippen LogP contribution in [0.4, 0.5) is 8.78 Å². The number of alkyl halides is 1. The topological polar surface area (TPSA) is 26.3 Å². The van der Waals surface area contributed by atoms with Gasteiger partial charge in [-0.25, -0.2) is 13.6 Å². The highest BCUT2D eigenvalue weighted by Crippen LogP contribution is 2.18. The van der Waals surface area contributed by atoms with Crippen molar-refractivity contribution in [2.45, 2.75) is 5.88 Å². The summed E-state index contributed by atoms with van der Waals surface area (Å²) in [6.07, 6.45) is 0. The summed E-state index contributed by atoms with van der Waals surface area (Å²) >= 11 is 5.44. The number of rotatable bonds is 2. The summed E-state index contributed by atoms with van der Waals surface area (Å²) in [4.78, 5) is 11.1. The third kappa shape index (κ3) is 2.01. The maximum atomic E-state index is 13.1. The van der Waals surface area contributed by atoms with Gasteiger partial charge in [-0.2, -0.15) is 0 Å². The van der Waals surface area contributed by atoms with Crippen LogP contribution in [-0.2, 0) is 10.6 Å². The molecule has 14 heavy (non-hydrogen) atoms. The second kappa shape index (κ2) is 4.37. The van der Waals surface area contributed by atoms with Crippen molar-refractivity contribution in [3.05, 3.63) is 34.9 Å². The Bertz CT molecular complexity index is 366. The lowest BCUT2D eigenvalue weighted by Gasteiger charge is -2.06. The Hall–Kier alpha value is -1.16. The maximum Gasteiger partial charge on any atom is 0.341 e. The number of carbonyl (C=O) groups excluding carboxylic acids is 1. The Morgan fingerprint density at radius 1 is 1.50 bits per heavy atom. The molecule has 0 N–H and O–H groups in total. The van der Waals surface area contributed by atoms with Gasteiger partial charge in [-0.3, -0.25) is 0 Å². The molecular weight excluding hydrogens is 214 g/mol. The van der Waals surface area contributed by atoms with Gasteiger partial charge in [0, 0.05) is 11.9 Å². The molecule has 0 spiro atoms. The Kier molecular flexibility index (Phi) is 3.41. The average molecular weight is 221 g/mol. The smallest absolute Gasteiger partial charge is 0.341 e. The molecule has 0 amide bonds. The van der Waals surface area contributed by atoms with Gasteiger partial charge in [0.05, 0.1) is 12.7 Å². The van der Waals surface area contributed by atoms with Gasteiger partial charge in [0.25, 0.3) is 0 Å². The zero-order chi connectivity index (χ0) is 10.7. The van der Waals surface area contributed by atoms with Gasteiger partial charge in [-0.15, -0.1) is 11.6 Å². The molecule has 2 nitrogen and oxygen atoms in total. The Labute approximate surface area is 84.4 Å². The zero-order valence-corrected chi connectivity index (χ0v) is 8.07. The fraction of sp³-hybridized carbons (Fsp3) is 0.222. The molecule has 0 heterocycles. The molecule has 1 aromatic rings. The molecule has 0 saturated carbocycles. The predicted molar refractivity (Wildman–Crippen MR) is 47.3 cm³/mol. The molecule has 1 aromatic carbocycles. The molecule has 0 radical (unpaired) electrons. The summed E-state index contributed by atoms with van der Waals surface area (Å²) in [6, 6.07) is 1.62. The first kappa shape index (κ1) is 10.9. The average Bonchev–Trinajstić information content (AvgIpc) is 2.15. The van der Waals surface area contributed by atoms with Gasteiger partial charge in [-0.1, -0.05) is 0 Å². The van der Waals surface area contributed by atoms with E-state index in [0.29, 0.717) is 6.07 Å². The van der Waals surface area contributed by atoms with Crippen LogP contribution in [0.5, 0.6) is 0 Å². The highest BCUT2D eigenvalue weighted by atomic mass is 35.5. The molecule has 5 heteroatoms. The first-order chi connectivity index (χ1) is 6.60. The van der Waals surface area contributed by atoms with Crippen LogP contribution in [0.2, 0.25) is 0 Å². The monoisotopic (exact) mass is 220 g/mol. The van der Waals surface area contributed by atoms with Crippen LogP contribution >= 0.6 is 11.6 Å². The van der Waals surface area contributed by atoms with E-state index in [2.05, 4.69) is 4.74 Å². The number of hydrogen-bond acceptors (Lipinski definition) is 2. The summed E-state index contributed by atoms with van der Waals surface area (Å²) in [5.74, 6) is -2.75. The normalized spacial score (nSPS) is 10.0. The SMILES string of the molecule is COC(=O)c1c(F)cc(F)cc1CCl. The molecule has 0 bridgehead atoms. The molecule has 1 rings (SSSR count). The van der Waals surface area contributed by atoms with Crippen LogP contribution in [0, 0.1) is 11.6 Å². The summed E-state index contributed by atoms with van der Waals surface area (Å²) < 4.78 is 30.2. The number of esters is 1. The number of carbonyl (C=O) groups is 1. The third-order valence-electron chi connectivity index (χ3n) is 1.67. The Morgan fingerprint density at radius 2 is 2.14 bits per heavy atom. The molecule has 0 saturated heterocycles. The summed E-state index contributed by atoms with van der Waals surface area (Å²) in [6.45, 7) is 0. The van der Waals surface area contributed by atoms with Gasteiger partial charge < -0.3 is 4.74 Å². The van der Waals surface area contributed by atoms with Gasteiger partial charge in [0.2, 0.25) is 0 Å². The fourth-order valence-electron chi connectivity index (χ4n) is 1.06. The lowest BCUT2D eigenvalue weighted by molar-refractivity contribution is 0.0594. The van der Waals surface area contributed by atoms with E-state index in [-0.39, 0.29) is 17.0 Å². The van der Waals surface area contributed by atoms with Crippen molar-refractivity contribution in [3.8, 4) is 0 Å². The third-order valence-corrected chi connectivity index (χ3v) is 1.96. The fourth-order valence-corrected chi connectivity index (χ4v) is 1.27. The number of methoxy groups -OCH3 is 1. The molecule has 0 fully saturated rings. The van der Waals surface area contributed by atoms with E-state index in [1.807, 2.05) is 0 Å². The van der Waals surface area contributed by atoms with Crippen LogP contribution < -0.4 is 0 Å². The van der Waals surface area contributed by atoms with Crippen LogP contribution in [-0.4, -0.2) is 13.1 Å². The number of hydrogen-bond donors (Lipinski definition) is 0. The zero-order valence-electron chi connectivity index (χ0n) is 7.31. The van der Waals surface area contributed by atoms with Crippen molar-refractivity contribution >= 4 is 17.6 Å². The van der Waals surface area contributed by atoms with E-state index in [1.54, 1.807) is 0 Å². The standard InChI is InChI=1S/C9H7ClF2O2/c1-14-9(13)8-5(4-10)2-6(11)3-7(8)12/h2-3H,4H2,1H3. The van der Waals surface area contributed by atoms with Gasteiger partial charge in [-0.05, 0) is 11.6 Å². The van der Waals surface area contributed by atoms with Crippen molar-refractivity contribution in [1.82, 2.24) is 0 Å². The van der Waals surface area contributed by atoms with Gasteiger partial charge in [0.1, 0.15) is 11.6 Å². The van der Waals surface area contributed by atoms with E-state index < -0.39 is 17.6 Å². The number of halogens is 3. The van der Waals surface area contributed by atoms with Crippen LogP contribution in [0.15, 0.2) is 12.1 Å². The quantitative estimate of drug-likeness (QED) is 0.565. The summed E-state index contributed by atoms with van der Waals surface area (Å²) in [7, 11) is 1.11. The second-order valence-electron chi connectivity index (χ2n) is 2.55. The van der Waals surface area contributed by atoms with Crippen LogP contribution in [0.25, 0.3) is 0 Å². The highest BCUT2D eigenvalue weighted by molar-refractivity contribution is 6.17. The molecule has 76 valence electrons. The highest BCUT2D eigenvalue weighted by Gasteiger charge is 2.18. The van der Waals surface area contributed by atoms with Crippen molar-refractivity contribution in [1.29, 1.82) is 0 Å². The molecule has 0 atom stereocenters. The van der Waals surface area contributed by atoms with E-state index >= 15 is 0 Å². The summed E-state index contributed by atoms with van der Waals surface area (Å²) in [5, 5.41) is 0. The summed E-state index contributed by atoms with van der Waals surface area (Å²) in [5.41, 5.74) is -0.236. The molecule has 0 aliphatic heterocycles. The minimum absolute atomic E-state index is 0.0796. The van der Waals surface area contributed by atoms with E-state index in [1.165, 1.54) is 0 Å². The molecule has 0 unspecified atom stereocenters. The van der Waals surface area contributed by atoms with Crippen LogP contribution in [0.3, 0.4) is 0 Å². The van der Waals surface area contributed by atoms with Crippen molar-refractivity contribution in [2.24, 2.45) is 0 Å². The second-order valence-corrected chi connectivity index (χ2v) is 2.81. The van der Waals surface area contributed by atoms with Crippen molar-refractivity contribution in [2.75, 3.05) is 7.11 Å². The first-order valence-electron chi connectivity index (χ1n) is 3.72. The Morgan fingerprint density at radius 3 is 2.64 bits per heavy atom. The largest absolute Gasteiger partial charge is 0.465 e.